The Morgan fingerprint density at radius 2 is 1.95 bits per heavy atom. The van der Waals surface area contributed by atoms with E-state index < -0.39 is 23.9 Å². The van der Waals surface area contributed by atoms with Gasteiger partial charge in [-0.2, -0.15) is 4.39 Å². The van der Waals surface area contributed by atoms with Crippen molar-refractivity contribution in [2.24, 2.45) is 11.8 Å². The predicted molar refractivity (Wildman–Crippen MR) is 157 cm³/mol. The zero-order chi connectivity index (χ0) is 30.2. The number of hydrogen-bond donors (Lipinski definition) is 1. The molecule has 0 unspecified atom stereocenters. The normalized spacial score (nSPS) is 17.3. The first-order valence-electron chi connectivity index (χ1n) is 14.5. The van der Waals surface area contributed by atoms with E-state index >= 15 is 4.39 Å². The van der Waals surface area contributed by atoms with Crippen molar-refractivity contribution >= 4 is 40.1 Å². The van der Waals surface area contributed by atoms with Crippen LogP contribution in [0.3, 0.4) is 0 Å². The Morgan fingerprint density at radius 1 is 1.19 bits per heavy atom. The van der Waals surface area contributed by atoms with Gasteiger partial charge in [0.15, 0.2) is 5.13 Å². The number of rotatable bonds is 11. The van der Waals surface area contributed by atoms with Gasteiger partial charge in [-0.25, -0.2) is 14.4 Å². The number of ether oxygens (including phenoxy) is 1. The minimum atomic E-state index is -1.08. The number of aliphatic carboxylic acids is 1. The second-order valence-corrected chi connectivity index (χ2v) is 12.5. The third kappa shape index (κ3) is 5.97. The molecule has 0 radical (unpaired) electrons. The maximum atomic E-state index is 15.8. The Hall–Kier alpha value is -3.93. The molecule has 9 nitrogen and oxygen atoms in total. The molecule has 3 aliphatic rings. The van der Waals surface area contributed by atoms with Gasteiger partial charge in [0.25, 0.3) is 0 Å². The average Bonchev–Trinajstić information content (AvgIpc) is 3.40. The molecule has 3 aromatic rings. The van der Waals surface area contributed by atoms with Crippen LogP contribution in [0.25, 0.3) is 22.4 Å². The van der Waals surface area contributed by atoms with Crippen LogP contribution in [0.5, 0.6) is 5.75 Å². The third-order valence-electron chi connectivity index (χ3n) is 8.55. The number of hydrogen-bond acceptors (Lipinski definition) is 7. The van der Waals surface area contributed by atoms with Gasteiger partial charge < -0.3 is 9.84 Å². The summed E-state index contributed by atoms with van der Waals surface area (Å²) in [7, 11) is 1.66. The van der Waals surface area contributed by atoms with Crippen LogP contribution in [-0.4, -0.2) is 52.8 Å². The van der Waals surface area contributed by atoms with Crippen molar-refractivity contribution in [3.63, 3.8) is 0 Å². The molecule has 0 spiro atoms. The van der Waals surface area contributed by atoms with Gasteiger partial charge >= 0.3 is 5.97 Å². The number of pyridine rings is 1. The molecule has 3 heterocycles. The van der Waals surface area contributed by atoms with E-state index in [2.05, 4.69) is 9.97 Å². The van der Waals surface area contributed by atoms with Crippen molar-refractivity contribution in [2.45, 2.75) is 63.8 Å². The fraction of sp³-hybridized carbons (Fsp3) is 0.452. The van der Waals surface area contributed by atoms with E-state index in [4.69, 9.17) is 4.74 Å². The summed E-state index contributed by atoms with van der Waals surface area (Å²) in [6.45, 7) is -1.08. The molecule has 1 aliphatic heterocycles. The fourth-order valence-electron chi connectivity index (χ4n) is 6.26. The summed E-state index contributed by atoms with van der Waals surface area (Å²) < 4.78 is 34.0. The predicted octanol–water partition coefficient (Wildman–Crippen LogP) is 6.00. The van der Waals surface area contributed by atoms with Crippen molar-refractivity contribution < 1.29 is 33.0 Å². The van der Waals surface area contributed by atoms with Crippen molar-refractivity contribution in [1.82, 2.24) is 9.97 Å². The lowest BCUT2D eigenvalue weighted by atomic mass is 9.90. The summed E-state index contributed by atoms with van der Waals surface area (Å²) in [6, 6.07) is 6.38. The van der Waals surface area contributed by atoms with E-state index in [1.807, 2.05) is 6.07 Å². The number of thiazole rings is 1. The SMILES string of the molecule is CN1C(=O)Cc2cc(-c3ccc(OCF)cc3-c3nc(N(C(=O)[C@@H](CC(=O)O)CC4CCCC4)C4CC4)sc3F)cnc21. The van der Waals surface area contributed by atoms with E-state index in [1.54, 1.807) is 25.4 Å². The largest absolute Gasteiger partial charge is 0.481 e. The Kier molecular flexibility index (Phi) is 8.13. The van der Waals surface area contributed by atoms with Crippen LogP contribution in [0, 0.1) is 17.0 Å². The third-order valence-corrected chi connectivity index (χ3v) is 9.39. The molecule has 2 aliphatic carbocycles. The van der Waals surface area contributed by atoms with Crippen LogP contribution < -0.4 is 14.5 Å². The number of alkyl halides is 1. The zero-order valence-corrected chi connectivity index (χ0v) is 24.5. The highest BCUT2D eigenvalue weighted by Gasteiger charge is 2.41. The number of nitrogens with zero attached hydrogens (tertiary/aromatic N) is 4. The minimum Gasteiger partial charge on any atom is -0.481 e. The molecule has 2 amide bonds. The van der Waals surface area contributed by atoms with Gasteiger partial charge in [-0.15, -0.1) is 0 Å². The molecule has 226 valence electrons. The molecule has 6 rings (SSSR count). The average molecular weight is 611 g/mol. The molecule has 12 heteroatoms. The molecule has 0 bridgehead atoms. The van der Waals surface area contributed by atoms with Gasteiger partial charge in [0.05, 0.1) is 12.8 Å². The maximum Gasteiger partial charge on any atom is 0.304 e. The number of carbonyl (C=O) groups is 3. The number of carbonyl (C=O) groups excluding carboxylic acids is 2. The Labute approximate surface area is 251 Å². The summed E-state index contributed by atoms with van der Waals surface area (Å²) in [5.41, 5.74) is 2.19. The van der Waals surface area contributed by atoms with E-state index in [0.29, 0.717) is 34.8 Å². The maximum absolute atomic E-state index is 15.8. The molecular weight excluding hydrogens is 578 g/mol. The number of aromatic nitrogens is 2. The van der Waals surface area contributed by atoms with E-state index in [0.717, 1.165) is 55.4 Å². The number of fused-ring (bicyclic) bond motifs is 1. The first-order valence-corrected chi connectivity index (χ1v) is 15.3. The first-order chi connectivity index (χ1) is 20.7. The summed E-state index contributed by atoms with van der Waals surface area (Å²) in [6.07, 6.45) is 7.55. The van der Waals surface area contributed by atoms with Crippen molar-refractivity contribution in [3.05, 3.63) is 41.2 Å². The van der Waals surface area contributed by atoms with Crippen LogP contribution in [0.2, 0.25) is 0 Å². The highest BCUT2D eigenvalue weighted by Crippen LogP contribution is 2.43. The summed E-state index contributed by atoms with van der Waals surface area (Å²) in [5, 5.41) is 9.13. The summed E-state index contributed by atoms with van der Waals surface area (Å²) in [4.78, 5) is 49.9. The number of anilines is 2. The Balaban J connectivity index is 1.38. The van der Waals surface area contributed by atoms with Gasteiger partial charge in [-0.1, -0.05) is 37.0 Å². The Morgan fingerprint density at radius 3 is 2.65 bits per heavy atom. The minimum absolute atomic E-state index is 0.0305. The lowest BCUT2D eigenvalue weighted by Crippen LogP contribution is -2.39. The van der Waals surface area contributed by atoms with Gasteiger partial charge in [0.1, 0.15) is 17.3 Å². The van der Waals surface area contributed by atoms with Crippen molar-refractivity contribution in [3.8, 4) is 28.1 Å². The number of amides is 2. The van der Waals surface area contributed by atoms with Crippen LogP contribution in [0.1, 0.15) is 56.9 Å². The smallest absolute Gasteiger partial charge is 0.304 e. The molecule has 43 heavy (non-hydrogen) atoms. The lowest BCUT2D eigenvalue weighted by molar-refractivity contribution is -0.141. The highest BCUT2D eigenvalue weighted by atomic mass is 32.1. The molecule has 2 fully saturated rings. The van der Waals surface area contributed by atoms with Gasteiger partial charge in [0.2, 0.25) is 23.8 Å². The molecule has 1 aromatic carbocycles. The van der Waals surface area contributed by atoms with E-state index in [1.165, 1.54) is 15.9 Å². The lowest BCUT2D eigenvalue weighted by Gasteiger charge is -2.26. The first kappa shape index (κ1) is 29.2. The number of benzene rings is 1. The van der Waals surface area contributed by atoms with Crippen molar-refractivity contribution in [2.75, 3.05) is 23.7 Å². The summed E-state index contributed by atoms with van der Waals surface area (Å²) in [5.74, 6) is -1.14. The topological polar surface area (TPSA) is 113 Å². The molecule has 2 saturated carbocycles. The summed E-state index contributed by atoms with van der Waals surface area (Å²) >= 11 is 0.735. The van der Waals surface area contributed by atoms with Crippen LogP contribution >= 0.6 is 11.3 Å². The van der Waals surface area contributed by atoms with Crippen LogP contribution in [-0.2, 0) is 20.8 Å². The second kappa shape index (κ2) is 12.0. The van der Waals surface area contributed by atoms with E-state index in [-0.39, 0.29) is 47.3 Å². The van der Waals surface area contributed by atoms with Gasteiger partial charge in [0, 0.05) is 41.9 Å². The Bertz CT molecular complexity index is 1570. The van der Waals surface area contributed by atoms with E-state index in [9.17, 15) is 23.9 Å². The zero-order valence-electron chi connectivity index (χ0n) is 23.7. The highest BCUT2D eigenvalue weighted by molar-refractivity contribution is 7.14. The molecule has 1 N–H and O–H groups in total. The van der Waals surface area contributed by atoms with Gasteiger partial charge in [-0.05, 0) is 55.0 Å². The number of likely N-dealkylation sites (N-methyl/N-ethyl adjacent to an activating group) is 1. The quantitative estimate of drug-likeness (QED) is 0.283. The van der Waals surface area contributed by atoms with Crippen LogP contribution in [0.4, 0.5) is 19.7 Å². The van der Waals surface area contributed by atoms with Gasteiger partial charge in [-0.3, -0.25) is 24.2 Å². The number of halogens is 2. The molecule has 2 aromatic heterocycles. The molecule has 0 saturated heterocycles. The molecule has 1 atom stereocenters. The fourth-order valence-corrected chi connectivity index (χ4v) is 7.14. The number of carboxylic acids is 1. The second-order valence-electron chi connectivity index (χ2n) is 11.5. The molecular formula is C31H32F2N4O5S. The monoisotopic (exact) mass is 610 g/mol. The van der Waals surface area contributed by atoms with Crippen molar-refractivity contribution in [1.29, 1.82) is 0 Å². The standard InChI is InChI=1S/C31H32F2N4O5S/c1-36-25(38)12-18-11-20(15-34-29(18)36)23-9-8-22(42-16-32)14-24(23)27-28(33)43-31(35-27)37(21-6-7-21)30(41)19(13-26(39)40)10-17-4-2-3-5-17/h8-9,11,14-15,17,19,21H,2-7,10,12-13,16H2,1H3,(H,39,40)/t19-/m1/s1. The van der Waals surface area contributed by atoms with Crippen LogP contribution in [0.15, 0.2) is 30.5 Å². The number of carboxylic acid groups (broad SMARTS) is 1.